The second-order valence-electron chi connectivity index (χ2n) is 6.10. The van der Waals surface area contributed by atoms with E-state index in [4.69, 9.17) is 0 Å². The minimum atomic E-state index is -0.192. The highest BCUT2D eigenvalue weighted by atomic mass is 16.2. The first-order chi connectivity index (χ1) is 11.2. The van der Waals surface area contributed by atoms with E-state index in [1.165, 1.54) is 11.1 Å². The molecule has 3 atom stereocenters. The number of carbonyl (C=O) groups excluding carboxylic acids is 1. The van der Waals surface area contributed by atoms with E-state index < -0.39 is 0 Å². The topological polar surface area (TPSA) is 53.2 Å². The standard InChI is InChI=1S/C19H23N3O/c1-14(15-8-4-2-5-9-15)13-20-19(23)18-12-17(21-22-18)16-10-6-3-7-11-16/h2-11,14,17-18,21-22H,12-13H2,1H3,(H,20,23). The smallest absolute Gasteiger partial charge is 0.238 e. The second kappa shape index (κ2) is 7.40. The molecule has 0 radical (unpaired) electrons. The summed E-state index contributed by atoms with van der Waals surface area (Å²) in [6.45, 7) is 2.78. The van der Waals surface area contributed by atoms with Gasteiger partial charge in [0, 0.05) is 12.6 Å². The molecule has 0 spiro atoms. The predicted octanol–water partition coefficient (Wildman–Crippen LogP) is 2.51. The number of amides is 1. The van der Waals surface area contributed by atoms with Gasteiger partial charge in [0.25, 0.3) is 0 Å². The minimum Gasteiger partial charge on any atom is -0.354 e. The lowest BCUT2D eigenvalue weighted by Crippen LogP contribution is -2.44. The van der Waals surface area contributed by atoms with Crippen LogP contribution in [0.15, 0.2) is 60.7 Å². The summed E-state index contributed by atoms with van der Waals surface area (Å²) in [5, 5.41) is 3.05. The lowest BCUT2D eigenvalue weighted by molar-refractivity contribution is -0.122. The van der Waals surface area contributed by atoms with E-state index in [0.717, 1.165) is 6.42 Å². The molecule has 2 aromatic rings. The Morgan fingerprint density at radius 1 is 1.09 bits per heavy atom. The van der Waals surface area contributed by atoms with Crippen molar-refractivity contribution in [3.63, 3.8) is 0 Å². The summed E-state index contributed by atoms with van der Waals surface area (Å²) >= 11 is 0. The molecule has 4 nitrogen and oxygen atoms in total. The van der Waals surface area contributed by atoms with Gasteiger partial charge in [0.2, 0.25) is 5.91 Å². The Labute approximate surface area is 137 Å². The molecule has 3 unspecified atom stereocenters. The number of hydrazine groups is 1. The van der Waals surface area contributed by atoms with Gasteiger partial charge < -0.3 is 5.32 Å². The molecule has 3 rings (SSSR count). The molecule has 1 amide bonds. The summed E-state index contributed by atoms with van der Waals surface area (Å²) in [7, 11) is 0. The summed E-state index contributed by atoms with van der Waals surface area (Å²) in [5.41, 5.74) is 8.76. The van der Waals surface area contributed by atoms with Crippen molar-refractivity contribution >= 4 is 5.91 Å². The average Bonchev–Trinajstić information content (AvgIpc) is 3.11. The fourth-order valence-corrected chi connectivity index (χ4v) is 2.91. The highest BCUT2D eigenvalue weighted by Crippen LogP contribution is 2.22. The molecule has 3 N–H and O–H groups in total. The Hall–Kier alpha value is -2.17. The molecule has 1 aliphatic heterocycles. The SMILES string of the molecule is CC(CNC(=O)C1CC(c2ccccc2)NN1)c1ccccc1. The Bertz CT molecular complexity index is 630. The molecule has 1 heterocycles. The number of hydrogen-bond donors (Lipinski definition) is 3. The zero-order valence-electron chi connectivity index (χ0n) is 13.3. The van der Waals surface area contributed by atoms with Crippen molar-refractivity contribution in [1.82, 2.24) is 16.2 Å². The van der Waals surface area contributed by atoms with Gasteiger partial charge in [0.15, 0.2) is 0 Å². The van der Waals surface area contributed by atoms with Gasteiger partial charge in [-0.1, -0.05) is 67.6 Å². The van der Waals surface area contributed by atoms with Crippen molar-refractivity contribution in [2.45, 2.75) is 31.3 Å². The lowest BCUT2D eigenvalue weighted by Gasteiger charge is -2.15. The maximum Gasteiger partial charge on any atom is 0.238 e. The van der Waals surface area contributed by atoms with Crippen LogP contribution in [-0.2, 0) is 4.79 Å². The normalized spacial score (nSPS) is 21.8. The maximum atomic E-state index is 12.3. The van der Waals surface area contributed by atoms with Crippen LogP contribution >= 0.6 is 0 Å². The van der Waals surface area contributed by atoms with Crippen LogP contribution in [-0.4, -0.2) is 18.5 Å². The molecule has 4 heteroatoms. The first-order valence-electron chi connectivity index (χ1n) is 8.12. The van der Waals surface area contributed by atoms with E-state index in [0.29, 0.717) is 12.5 Å². The van der Waals surface area contributed by atoms with E-state index in [2.05, 4.69) is 47.4 Å². The summed E-state index contributed by atoms with van der Waals surface area (Å²) < 4.78 is 0. The van der Waals surface area contributed by atoms with Crippen molar-refractivity contribution in [2.24, 2.45) is 0 Å². The Kier molecular flexibility index (Phi) is 5.05. The summed E-state index contributed by atoms with van der Waals surface area (Å²) in [6, 6.07) is 20.4. The van der Waals surface area contributed by atoms with Crippen LogP contribution in [0.4, 0.5) is 0 Å². The number of nitrogens with one attached hydrogen (secondary N) is 3. The third-order valence-electron chi connectivity index (χ3n) is 4.37. The number of hydrogen-bond acceptors (Lipinski definition) is 3. The molecule has 1 fully saturated rings. The van der Waals surface area contributed by atoms with Crippen LogP contribution in [0.5, 0.6) is 0 Å². The molecule has 23 heavy (non-hydrogen) atoms. The number of rotatable bonds is 5. The van der Waals surface area contributed by atoms with Gasteiger partial charge in [-0.2, -0.15) is 0 Å². The third-order valence-corrected chi connectivity index (χ3v) is 4.37. The number of carbonyl (C=O) groups is 1. The zero-order valence-corrected chi connectivity index (χ0v) is 13.3. The van der Waals surface area contributed by atoms with Crippen LogP contribution < -0.4 is 16.2 Å². The fraction of sp³-hybridized carbons (Fsp3) is 0.316. The van der Waals surface area contributed by atoms with Gasteiger partial charge >= 0.3 is 0 Å². The van der Waals surface area contributed by atoms with Gasteiger partial charge in [-0.15, -0.1) is 0 Å². The minimum absolute atomic E-state index is 0.0544. The molecule has 0 saturated carbocycles. The number of benzene rings is 2. The average molecular weight is 309 g/mol. The molecule has 2 aromatic carbocycles. The van der Waals surface area contributed by atoms with E-state index in [9.17, 15) is 4.79 Å². The molecular formula is C19H23N3O. The molecular weight excluding hydrogens is 286 g/mol. The van der Waals surface area contributed by atoms with Crippen molar-refractivity contribution in [2.75, 3.05) is 6.54 Å². The third kappa shape index (κ3) is 3.97. The van der Waals surface area contributed by atoms with Crippen molar-refractivity contribution in [3.05, 3.63) is 71.8 Å². The Morgan fingerprint density at radius 2 is 1.74 bits per heavy atom. The maximum absolute atomic E-state index is 12.3. The van der Waals surface area contributed by atoms with E-state index >= 15 is 0 Å². The fourth-order valence-electron chi connectivity index (χ4n) is 2.91. The lowest BCUT2D eigenvalue weighted by atomic mass is 10.00. The van der Waals surface area contributed by atoms with Crippen molar-refractivity contribution in [3.8, 4) is 0 Å². The Morgan fingerprint density at radius 3 is 2.43 bits per heavy atom. The molecule has 0 aromatic heterocycles. The van der Waals surface area contributed by atoms with Crippen LogP contribution in [0.3, 0.4) is 0 Å². The molecule has 0 bridgehead atoms. The van der Waals surface area contributed by atoms with Gasteiger partial charge in [0.05, 0.1) is 0 Å². The summed E-state index contributed by atoms with van der Waals surface area (Å²) in [4.78, 5) is 12.3. The monoisotopic (exact) mass is 309 g/mol. The van der Waals surface area contributed by atoms with Gasteiger partial charge in [-0.25, -0.2) is 10.9 Å². The summed E-state index contributed by atoms with van der Waals surface area (Å²) in [6.07, 6.45) is 0.759. The molecule has 1 aliphatic rings. The van der Waals surface area contributed by atoms with Gasteiger partial charge in [-0.3, -0.25) is 4.79 Å². The van der Waals surface area contributed by atoms with E-state index in [1.54, 1.807) is 0 Å². The van der Waals surface area contributed by atoms with Crippen molar-refractivity contribution < 1.29 is 4.79 Å². The predicted molar refractivity (Wildman–Crippen MR) is 91.7 cm³/mol. The first kappa shape index (κ1) is 15.7. The summed E-state index contributed by atoms with van der Waals surface area (Å²) in [5.74, 6) is 0.359. The second-order valence-corrected chi connectivity index (χ2v) is 6.10. The van der Waals surface area contributed by atoms with Gasteiger partial charge in [-0.05, 0) is 23.5 Å². The molecule has 0 aliphatic carbocycles. The highest BCUT2D eigenvalue weighted by Gasteiger charge is 2.29. The zero-order chi connectivity index (χ0) is 16.1. The van der Waals surface area contributed by atoms with Crippen LogP contribution in [0, 0.1) is 0 Å². The van der Waals surface area contributed by atoms with Gasteiger partial charge in [0.1, 0.15) is 6.04 Å². The van der Waals surface area contributed by atoms with Crippen LogP contribution in [0.25, 0.3) is 0 Å². The quantitative estimate of drug-likeness (QED) is 0.795. The molecule has 120 valence electrons. The van der Waals surface area contributed by atoms with Crippen molar-refractivity contribution in [1.29, 1.82) is 0 Å². The molecule has 1 saturated heterocycles. The van der Waals surface area contributed by atoms with Crippen LogP contribution in [0.1, 0.15) is 36.4 Å². The van der Waals surface area contributed by atoms with Crippen LogP contribution in [0.2, 0.25) is 0 Å². The van der Waals surface area contributed by atoms with E-state index in [1.807, 2.05) is 36.4 Å². The van der Waals surface area contributed by atoms with E-state index in [-0.39, 0.29) is 18.0 Å². The largest absolute Gasteiger partial charge is 0.354 e. The first-order valence-corrected chi connectivity index (χ1v) is 8.12. The highest BCUT2D eigenvalue weighted by molar-refractivity contribution is 5.82. The Balaban J connectivity index is 1.50.